The summed E-state index contributed by atoms with van der Waals surface area (Å²) in [7, 11) is 1.75. The van der Waals surface area contributed by atoms with Crippen LogP contribution in [-0.4, -0.2) is 18.3 Å². The Morgan fingerprint density at radius 3 is 2.82 bits per heavy atom. The minimum Gasteiger partial charge on any atom is -0.497 e. The number of hydrogen-bond donors (Lipinski definition) is 1. The van der Waals surface area contributed by atoms with E-state index in [0.717, 1.165) is 24.5 Å². The normalized spacial score (nSPS) is 43.2. The molecule has 3 aliphatic rings. The molecule has 2 nitrogen and oxygen atoms in total. The molecule has 1 aromatic rings. The van der Waals surface area contributed by atoms with Gasteiger partial charge in [-0.15, -0.1) is 0 Å². The summed E-state index contributed by atoms with van der Waals surface area (Å²) in [6.07, 6.45) is 5.72. The summed E-state index contributed by atoms with van der Waals surface area (Å²) in [6, 6.07) is 6.69. The molecule has 3 aliphatic carbocycles. The second-order valence-corrected chi connectivity index (χ2v) is 8.17. The predicted octanol–water partition coefficient (Wildman–Crippen LogP) is 4.16. The molecule has 0 aliphatic heterocycles. The summed E-state index contributed by atoms with van der Waals surface area (Å²) < 4.78 is 5.42. The van der Waals surface area contributed by atoms with E-state index in [0.29, 0.717) is 17.8 Å². The second kappa shape index (κ2) is 4.99. The lowest BCUT2D eigenvalue weighted by atomic mass is 9.53. The highest BCUT2D eigenvalue weighted by molar-refractivity contribution is 5.41. The first kappa shape index (κ1) is 14.6. The molecule has 0 spiro atoms. The van der Waals surface area contributed by atoms with Gasteiger partial charge in [-0.1, -0.05) is 19.9 Å². The fourth-order valence-corrected chi connectivity index (χ4v) is 6.05. The van der Waals surface area contributed by atoms with Gasteiger partial charge in [-0.2, -0.15) is 0 Å². The van der Waals surface area contributed by atoms with Crippen molar-refractivity contribution in [3.8, 4) is 5.75 Å². The molecule has 6 atom stereocenters. The van der Waals surface area contributed by atoms with Crippen molar-refractivity contribution >= 4 is 0 Å². The van der Waals surface area contributed by atoms with Crippen LogP contribution in [0.3, 0.4) is 0 Å². The summed E-state index contributed by atoms with van der Waals surface area (Å²) in [6.45, 7) is 4.78. The third-order valence-electron chi connectivity index (χ3n) is 7.23. The van der Waals surface area contributed by atoms with Gasteiger partial charge in [0, 0.05) is 0 Å². The van der Waals surface area contributed by atoms with Crippen molar-refractivity contribution in [2.45, 2.75) is 58.0 Å². The molecule has 6 unspecified atom stereocenters. The lowest BCUT2D eigenvalue weighted by Crippen LogP contribution is -2.46. The Labute approximate surface area is 133 Å². The van der Waals surface area contributed by atoms with Gasteiger partial charge < -0.3 is 9.84 Å². The van der Waals surface area contributed by atoms with E-state index in [4.69, 9.17) is 4.74 Å². The Kier molecular flexibility index (Phi) is 3.30. The molecule has 0 amide bonds. The maximum atomic E-state index is 10.5. The van der Waals surface area contributed by atoms with Gasteiger partial charge in [0.05, 0.1) is 13.2 Å². The number of aliphatic hydroxyl groups excluding tert-OH is 1. The first-order valence-corrected chi connectivity index (χ1v) is 8.89. The zero-order valence-corrected chi connectivity index (χ0v) is 14.0. The minimum atomic E-state index is -0.0806. The van der Waals surface area contributed by atoms with Gasteiger partial charge >= 0.3 is 0 Å². The quantitative estimate of drug-likeness (QED) is 0.844. The van der Waals surface area contributed by atoms with Crippen molar-refractivity contribution in [3.63, 3.8) is 0 Å². The Hall–Kier alpha value is -1.02. The fraction of sp³-hybridized carbons (Fsp3) is 0.700. The van der Waals surface area contributed by atoms with E-state index in [1.807, 2.05) is 0 Å². The minimum absolute atomic E-state index is 0.0806. The largest absolute Gasteiger partial charge is 0.497 e. The van der Waals surface area contributed by atoms with Gasteiger partial charge in [-0.25, -0.2) is 0 Å². The van der Waals surface area contributed by atoms with Gasteiger partial charge in [-0.3, -0.25) is 0 Å². The average molecular weight is 300 g/mol. The molecule has 22 heavy (non-hydrogen) atoms. The number of methoxy groups -OCH3 is 1. The number of ether oxygens (including phenoxy) is 1. The van der Waals surface area contributed by atoms with E-state index in [1.165, 1.54) is 24.8 Å². The van der Waals surface area contributed by atoms with Crippen LogP contribution in [0.5, 0.6) is 5.75 Å². The van der Waals surface area contributed by atoms with Crippen LogP contribution < -0.4 is 4.74 Å². The predicted molar refractivity (Wildman–Crippen MR) is 88.2 cm³/mol. The summed E-state index contributed by atoms with van der Waals surface area (Å²) in [5, 5.41) is 10.5. The molecule has 1 N–H and O–H groups in total. The lowest BCUT2D eigenvalue weighted by molar-refractivity contribution is -0.0356. The van der Waals surface area contributed by atoms with Crippen LogP contribution in [0.25, 0.3) is 0 Å². The maximum Gasteiger partial charge on any atom is 0.119 e. The highest BCUT2D eigenvalue weighted by Crippen LogP contribution is 2.62. The molecule has 1 aromatic carbocycles. The van der Waals surface area contributed by atoms with E-state index in [9.17, 15) is 5.11 Å². The Bertz CT molecular complexity index is 581. The summed E-state index contributed by atoms with van der Waals surface area (Å²) in [5.74, 6) is 3.83. The second-order valence-electron chi connectivity index (χ2n) is 8.17. The Morgan fingerprint density at radius 1 is 1.23 bits per heavy atom. The smallest absolute Gasteiger partial charge is 0.119 e. The molecule has 0 aromatic heterocycles. The van der Waals surface area contributed by atoms with Crippen LogP contribution in [0.2, 0.25) is 0 Å². The van der Waals surface area contributed by atoms with Gasteiger partial charge in [0.15, 0.2) is 0 Å². The molecule has 0 heterocycles. The first-order chi connectivity index (χ1) is 10.5. The third kappa shape index (κ3) is 1.89. The molecule has 2 fully saturated rings. The van der Waals surface area contributed by atoms with E-state index >= 15 is 0 Å². The highest BCUT2D eigenvalue weighted by atomic mass is 16.5. The number of rotatable bonds is 1. The van der Waals surface area contributed by atoms with Crippen molar-refractivity contribution in [1.82, 2.24) is 0 Å². The monoisotopic (exact) mass is 300 g/mol. The number of fused-ring (bicyclic) bond motifs is 5. The van der Waals surface area contributed by atoms with Crippen molar-refractivity contribution in [1.29, 1.82) is 0 Å². The van der Waals surface area contributed by atoms with Crippen LogP contribution in [0.4, 0.5) is 0 Å². The Morgan fingerprint density at radius 2 is 2.05 bits per heavy atom. The van der Waals surface area contributed by atoms with Crippen LogP contribution in [-0.2, 0) is 6.42 Å². The molecular formula is C20H28O2. The SMILES string of the molecule is COc1ccc2c(c1)CC(C)C1C2CCC2(C)C(O)CCC12. The highest BCUT2D eigenvalue weighted by Gasteiger charge is 2.55. The molecule has 0 radical (unpaired) electrons. The molecular weight excluding hydrogens is 272 g/mol. The van der Waals surface area contributed by atoms with Crippen LogP contribution >= 0.6 is 0 Å². The van der Waals surface area contributed by atoms with Gasteiger partial charge in [-0.05, 0) is 84.5 Å². The standard InChI is InChI=1S/C20H28O2/c1-12-10-13-11-14(22-3)4-5-15(13)16-8-9-20(2)17(19(12)16)6-7-18(20)21/h4-5,11-12,16-19,21H,6-10H2,1-3H3. The lowest BCUT2D eigenvalue weighted by Gasteiger charge is -2.52. The molecule has 2 saturated carbocycles. The van der Waals surface area contributed by atoms with Crippen molar-refractivity contribution in [3.05, 3.63) is 29.3 Å². The number of aliphatic hydroxyl groups is 1. The maximum absolute atomic E-state index is 10.5. The average Bonchev–Trinajstić information content (AvgIpc) is 2.82. The van der Waals surface area contributed by atoms with E-state index in [-0.39, 0.29) is 11.5 Å². The zero-order chi connectivity index (χ0) is 15.5. The molecule has 4 rings (SSSR count). The van der Waals surface area contributed by atoms with E-state index in [1.54, 1.807) is 12.7 Å². The Balaban J connectivity index is 1.73. The summed E-state index contributed by atoms with van der Waals surface area (Å²) >= 11 is 0. The van der Waals surface area contributed by atoms with Crippen molar-refractivity contribution in [2.75, 3.05) is 7.11 Å². The number of hydrogen-bond acceptors (Lipinski definition) is 2. The van der Waals surface area contributed by atoms with Crippen LogP contribution in [0.15, 0.2) is 18.2 Å². The van der Waals surface area contributed by atoms with Gasteiger partial charge in [0.2, 0.25) is 0 Å². The van der Waals surface area contributed by atoms with Gasteiger partial charge in [0.1, 0.15) is 5.75 Å². The van der Waals surface area contributed by atoms with Crippen LogP contribution in [0.1, 0.15) is 56.6 Å². The molecule has 0 bridgehead atoms. The molecule has 2 heteroatoms. The zero-order valence-electron chi connectivity index (χ0n) is 14.0. The summed E-state index contributed by atoms with van der Waals surface area (Å²) in [5.41, 5.74) is 3.22. The van der Waals surface area contributed by atoms with Crippen LogP contribution in [0, 0.1) is 23.2 Å². The van der Waals surface area contributed by atoms with E-state index < -0.39 is 0 Å². The van der Waals surface area contributed by atoms with Crippen molar-refractivity contribution < 1.29 is 9.84 Å². The molecule has 120 valence electrons. The summed E-state index contributed by atoms with van der Waals surface area (Å²) in [4.78, 5) is 0. The first-order valence-electron chi connectivity index (χ1n) is 8.89. The number of benzene rings is 1. The topological polar surface area (TPSA) is 29.5 Å². The van der Waals surface area contributed by atoms with E-state index in [2.05, 4.69) is 32.0 Å². The fourth-order valence-electron chi connectivity index (χ4n) is 6.05. The van der Waals surface area contributed by atoms with Crippen molar-refractivity contribution in [2.24, 2.45) is 23.2 Å². The third-order valence-corrected chi connectivity index (χ3v) is 7.23. The van der Waals surface area contributed by atoms with Gasteiger partial charge in [0.25, 0.3) is 0 Å². The molecule has 0 saturated heterocycles.